The predicted molar refractivity (Wildman–Crippen MR) is 44.0 cm³/mol. The van der Waals surface area contributed by atoms with Crippen LogP contribution in [0, 0.1) is 0 Å². The maximum absolute atomic E-state index is 10.8. The molecule has 1 aliphatic heterocycles. The van der Waals surface area contributed by atoms with Crippen LogP contribution in [0.2, 0.25) is 0 Å². The Balaban J connectivity index is 2.80. The van der Waals surface area contributed by atoms with Gasteiger partial charge in [-0.3, -0.25) is 0 Å². The van der Waals surface area contributed by atoms with Gasteiger partial charge in [-0.15, -0.1) is 0 Å². The molecule has 0 aromatic carbocycles. The molecule has 0 radical (unpaired) electrons. The zero-order valence-corrected chi connectivity index (χ0v) is 7.19. The highest BCUT2D eigenvalue weighted by atomic mass is 16.4. The summed E-state index contributed by atoms with van der Waals surface area (Å²) in [5, 5.41) is 10.8. The van der Waals surface area contributed by atoms with E-state index >= 15 is 0 Å². The lowest BCUT2D eigenvalue weighted by Crippen LogP contribution is -2.55. The Hall–Kier alpha value is -1.09. The van der Waals surface area contributed by atoms with Crippen molar-refractivity contribution in [2.24, 2.45) is 0 Å². The minimum absolute atomic E-state index is 0.0625. The molecule has 0 spiro atoms. The van der Waals surface area contributed by atoms with E-state index in [1.54, 1.807) is 12.3 Å². The van der Waals surface area contributed by atoms with Gasteiger partial charge in [0.2, 0.25) is 0 Å². The smallest absolute Gasteiger partial charge is 0.262 e. The van der Waals surface area contributed by atoms with Crippen LogP contribution in [0.1, 0.15) is 13.3 Å². The number of quaternary nitrogens is 1. The van der Waals surface area contributed by atoms with Crippen molar-refractivity contribution in [3.05, 3.63) is 24.4 Å². The summed E-state index contributed by atoms with van der Waals surface area (Å²) in [5.74, 6) is 0. The number of carboxylic acid groups (broad SMARTS) is 1. The zero-order chi connectivity index (χ0) is 9.03. The Labute approximate surface area is 72.2 Å². The van der Waals surface area contributed by atoms with Crippen LogP contribution in [0.3, 0.4) is 0 Å². The second-order valence-electron chi connectivity index (χ2n) is 2.98. The van der Waals surface area contributed by atoms with Gasteiger partial charge in [0.25, 0.3) is 6.09 Å². The van der Waals surface area contributed by atoms with Crippen molar-refractivity contribution in [1.82, 2.24) is 0 Å². The number of hydrogen-bond acceptors (Lipinski definition) is 2. The van der Waals surface area contributed by atoms with Crippen molar-refractivity contribution in [3.63, 3.8) is 0 Å². The molecule has 12 heavy (non-hydrogen) atoms. The Kier molecular flexibility index (Phi) is 2.65. The van der Waals surface area contributed by atoms with Gasteiger partial charge in [-0.05, 0) is 18.6 Å². The third-order valence-corrected chi connectivity index (χ3v) is 2.04. The highest BCUT2D eigenvalue weighted by Crippen LogP contribution is 2.13. The molecule has 1 atom stereocenters. The molecule has 1 unspecified atom stereocenters. The number of rotatable bonds is 2. The van der Waals surface area contributed by atoms with Crippen LogP contribution in [-0.2, 0) is 0 Å². The van der Waals surface area contributed by atoms with E-state index in [1.165, 1.54) is 0 Å². The molecule has 1 rings (SSSR count). The largest absolute Gasteiger partial charge is 0.498 e. The van der Waals surface area contributed by atoms with Crippen molar-refractivity contribution in [3.8, 4) is 0 Å². The molecule has 66 valence electrons. The Morgan fingerprint density at radius 2 is 2.33 bits per heavy atom. The van der Waals surface area contributed by atoms with Crippen LogP contribution in [0.25, 0.3) is 0 Å². The van der Waals surface area contributed by atoms with Gasteiger partial charge >= 0.3 is 0 Å². The standard InChI is InChI=1S/C9H13NO2/c1-2-6-10(9(11)12)7-4-3-5-8-10/h3-5,7H,2,6,8H2,1H3. The molecule has 1 amide bonds. The van der Waals surface area contributed by atoms with Crippen molar-refractivity contribution >= 4 is 6.09 Å². The molecule has 0 aliphatic carbocycles. The van der Waals surface area contributed by atoms with Crippen molar-refractivity contribution in [1.29, 1.82) is 0 Å². The summed E-state index contributed by atoms with van der Waals surface area (Å²) in [4.78, 5) is 10.8. The number of nitrogens with zero attached hydrogens (tertiary/aromatic N) is 1. The van der Waals surface area contributed by atoms with Crippen LogP contribution >= 0.6 is 0 Å². The fraction of sp³-hybridized carbons (Fsp3) is 0.444. The van der Waals surface area contributed by atoms with Crippen molar-refractivity contribution in [2.75, 3.05) is 13.1 Å². The molecular weight excluding hydrogens is 154 g/mol. The fourth-order valence-corrected chi connectivity index (χ4v) is 1.39. The number of amides is 1. The number of allylic oxidation sites excluding steroid dienone is 2. The predicted octanol–water partition coefficient (Wildman–Crippen LogP) is 0.640. The molecule has 0 fully saturated rings. The first kappa shape index (κ1) is 9.00. The lowest BCUT2D eigenvalue weighted by atomic mass is 10.2. The molecule has 0 N–H and O–H groups in total. The molecule has 0 saturated heterocycles. The highest BCUT2D eigenvalue weighted by Gasteiger charge is 2.26. The van der Waals surface area contributed by atoms with Gasteiger partial charge in [-0.25, -0.2) is 4.48 Å². The molecule has 0 bridgehead atoms. The van der Waals surface area contributed by atoms with Crippen LogP contribution in [0.5, 0.6) is 0 Å². The second kappa shape index (κ2) is 3.54. The first-order valence-electron chi connectivity index (χ1n) is 4.14. The molecular formula is C9H13NO2. The molecule has 0 aromatic rings. The molecule has 3 nitrogen and oxygen atoms in total. The minimum atomic E-state index is -1.02. The van der Waals surface area contributed by atoms with Gasteiger partial charge in [-0.1, -0.05) is 13.0 Å². The van der Waals surface area contributed by atoms with E-state index in [0.29, 0.717) is 13.1 Å². The van der Waals surface area contributed by atoms with Gasteiger partial charge in [-0.2, -0.15) is 0 Å². The molecule has 1 heterocycles. The molecule has 0 aromatic heterocycles. The van der Waals surface area contributed by atoms with E-state index in [1.807, 2.05) is 19.1 Å². The maximum atomic E-state index is 10.8. The topological polar surface area (TPSA) is 40.1 Å². The maximum Gasteiger partial charge on any atom is 0.262 e. The Morgan fingerprint density at radius 1 is 1.58 bits per heavy atom. The SMILES string of the molecule is CCC[N+]1(C(=O)[O-])C=CC=CC1. The average Bonchev–Trinajstić information content (AvgIpc) is 2.06. The van der Waals surface area contributed by atoms with Gasteiger partial charge in [0.05, 0.1) is 6.54 Å². The normalized spacial score (nSPS) is 27.4. The zero-order valence-electron chi connectivity index (χ0n) is 7.19. The van der Waals surface area contributed by atoms with E-state index in [4.69, 9.17) is 0 Å². The van der Waals surface area contributed by atoms with E-state index in [2.05, 4.69) is 0 Å². The summed E-state index contributed by atoms with van der Waals surface area (Å²) in [6.07, 6.45) is 6.97. The van der Waals surface area contributed by atoms with E-state index < -0.39 is 6.09 Å². The lowest BCUT2D eigenvalue weighted by Gasteiger charge is -2.33. The summed E-state index contributed by atoms with van der Waals surface area (Å²) >= 11 is 0. The summed E-state index contributed by atoms with van der Waals surface area (Å²) in [7, 11) is 0. The van der Waals surface area contributed by atoms with E-state index in [9.17, 15) is 9.90 Å². The second-order valence-corrected chi connectivity index (χ2v) is 2.98. The summed E-state index contributed by atoms with van der Waals surface area (Å²) < 4.78 is -0.0625. The third-order valence-electron chi connectivity index (χ3n) is 2.04. The molecule has 1 aliphatic rings. The first-order valence-corrected chi connectivity index (χ1v) is 4.14. The third kappa shape index (κ3) is 1.56. The van der Waals surface area contributed by atoms with E-state index in [0.717, 1.165) is 6.42 Å². The number of hydrogen-bond donors (Lipinski definition) is 0. The molecule has 0 saturated carbocycles. The summed E-state index contributed by atoms with van der Waals surface area (Å²) in [6, 6.07) is 0. The monoisotopic (exact) mass is 167 g/mol. The van der Waals surface area contributed by atoms with E-state index in [-0.39, 0.29) is 4.48 Å². The van der Waals surface area contributed by atoms with Crippen molar-refractivity contribution in [2.45, 2.75) is 13.3 Å². The van der Waals surface area contributed by atoms with Gasteiger partial charge < -0.3 is 9.90 Å². The Morgan fingerprint density at radius 3 is 2.75 bits per heavy atom. The fourth-order valence-electron chi connectivity index (χ4n) is 1.39. The van der Waals surface area contributed by atoms with Crippen LogP contribution < -0.4 is 5.11 Å². The Bertz CT molecular complexity index is 233. The molecule has 3 heteroatoms. The van der Waals surface area contributed by atoms with Crippen LogP contribution in [0.15, 0.2) is 24.4 Å². The van der Waals surface area contributed by atoms with Crippen LogP contribution in [0.4, 0.5) is 4.79 Å². The first-order chi connectivity index (χ1) is 5.71. The van der Waals surface area contributed by atoms with Gasteiger partial charge in [0.15, 0.2) is 0 Å². The van der Waals surface area contributed by atoms with Crippen molar-refractivity contribution < 1.29 is 14.4 Å². The van der Waals surface area contributed by atoms with Gasteiger partial charge in [0, 0.05) is 0 Å². The number of carbonyl (C=O) groups excluding carboxylic acids is 1. The van der Waals surface area contributed by atoms with Crippen LogP contribution in [-0.4, -0.2) is 23.7 Å². The summed E-state index contributed by atoms with van der Waals surface area (Å²) in [6.45, 7) is 3.07. The number of carbonyl (C=O) groups is 1. The van der Waals surface area contributed by atoms with Gasteiger partial charge in [0.1, 0.15) is 12.7 Å². The summed E-state index contributed by atoms with van der Waals surface area (Å²) in [5.41, 5.74) is 0. The quantitative estimate of drug-likeness (QED) is 0.566. The highest BCUT2D eigenvalue weighted by molar-refractivity contribution is 5.55. The minimum Gasteiger partial charge on any atom is -0.498 e. The lowest BCUT2D eigenvalue weighted by molar-refractivity contribution is -0.822. The average molecular weight is 167 g/mol.